The van der Waals surface area contributed by atoms with Gasteiger partial charge in [-0.3, -0.25) is 0 Å². The fourth-order valence-electron chi connectivity index (χ4n) is 1.52. The number of rotatable bonds is 2. The molecule has 0 fully saturated rings. The first kappa shape index (κ1) is 9.58. The van der Waals surface area contributed by atoms with Gasteiger partial charge in [-0.1, -0.05) is 29.8 Å². The molecule has 0 spiro atoms. The van der Waals surface area contributed by atoms with E-state index in [1.807, 2.05) is 12.1 Å². The average molecular weight is 202 g/mol. The van der Waals surface area contributed by atoms with Gasteiger partial charge in [0.05, 0.1) is 18.4 Å². The van der Waals surface area contributed by atoms with Crippen molar-refractivity contribution in [2.24, 2.45) is 0 Å². The summed E-state index contributed by atoms with van der Waals surface area (Å²) in [4.78, 5) is 0. The van der Waals surface area contributed by atoms with E-state index in [1.54, 1.807) is 10.9 Å². The van der Waals surface area contributed by atoms with E-state index in [4.69, 9.17) is 11.5 Å². The van der Waals surface area contributed by atoms with Gasteiger partial charge in [0.1, 0.15) is 5.82 Å². The van der Waals surface area contributed by atoms with Crippen molar-refractivity contribution in [2.45, 2.75) is 13.5 Å². The third kappa shape index (κ3) is 1.93. The summed E-state index contributed by atoms with van der Waals surface area (Å²) in [5, 5.41) is 4.11. The van der Waals surface area contributed by atoms with Gasteiger partial charge in [-0.05, 0) is 12.5 Å². The number of nitrogens with two attached hydrogens (primary N) is 2. The Bertz CT molecular complexity index is 473. The minimum atomic E-state index is 0.525. The highest BCUT2D eigenvalue weighted by Crippen LogP contribution is 2.14. The van der Waals surface area contributed by atoms with Crippen LogP contribution in [0.4, 0.5) is 11.5 Å². The summed E-state index contributed by atoms with van der Waals surface area (Å²) >= 11 is 0. The van der Waals surface area contributed by atoms with Crippen molar-refractivity contribution in [3.63, 3.8) is 0 Å². The fraction of sp³-hybridized carbons (Fsp3) is 0.182. The number of benzene rings is 1. The van der Waals surface area contributed by atoms with Crippen molar-refractivity contribution in [2.75, 3.05) is 11.5 Å². The molecule has 0 saturated heterocycles. The molecule has 1 aromatic heterocycles. The molecule has 78 valence electrons. The van der Waals surface area contributed by atoms with Crippen molar-refractivity contribution in [3.8, 4) is 0 Å². The van der Waals surface area contributed by atoms with Crippen LogP contribution in [0.1, 0.15) is 11.1 Å². The maximum atomic E-state index is 5.76. The number of aryl methyl sites for hydroxylation is 1. The lowest BCUT2D eigenvalue weighted by Crippen LogP contribution is -2.06. The first-order valence-corrected chi connectivity index (χ1v) is 4.79. The maximum absolute atomic E-state index is 5.76. The molecule has 2 aromatic rings. The lowest BCUT2D eigenvalue weighted by molar-refractivity contribution is 0.697. The molecule has 4 nitrogen and oxygen atoms in total. The topological polar surface area (TPSA) is 69.9 Å². The molecule has 4 N–H and O–H groups in total. The fourth-order valence-corrected chi connectivity index (χ4v) is 1.52. The molecule has 0 bridgehead atoms. The molecule has 1 aromatic carbocycles. The molecule has 0 aliphatic carbocycles. The van der Waals surface area contributed by atoms with E-state index in [-0.39, 0.29) is 0 Å². The first-order chi connectivity index (χ1) is 7.16. The van der Waals surface area contributed by atoms with E-state index >= 15 is 0 Å². The Kier molecular flexibility index (Phi) is 2.33. The van der Waals surface area contributed by atoms with Gasteiger partial charge in [0.15, 0.2) is 0 Å². The Morgan fingerprint density at radius 1 is 1.33 bits per heavy atom. The Balaban J connectivity index is 2.26. The van der Waals surface area contributed by atoms with Crippen molar-refractivity contribution in [1.82, 2.24) is 9.78 Å². The second-order valence-corrected chi connectivity index (χ2v) is 3.63. The Labute approximate surface area is 88.5 Å². The molecule has 0 saturated carbocycles. The highest BCUT2D eigenvalue weighted by Gasteiger charge is 2.04. The number of nitrogens with zero attached hydrogens (tertiary/aromatic N) is 2. The van der Waals surface area contributed by atoms with Crippen LogP contribution in [-0.4, -0.2) is 9.78 Å². The summed E-state index contributed by atoms with van der Waals surface area (Å²) < 4.78 is 1.70. The van der Waals surface area contributed by atoms with Gasteiger partial charge in [0.2, 0.25) is 0 Å². The third-order valence-electron chi connectivity index (χ3n) is 2.32. The second-order valence-electron chi connectivity index (χ2n) is 3.63. The van der Waals surface area contributed by atoms with E-state index in [0.29, 0.717) is 18.1 Å². The van der Waals surface area contributed by atoms with Gasteiger partial charge < -0.3 is 11.5 Å². The number of hydrogen-bond donors (Lipinski definition) is 2. The molecule has 1 heterocycles. The summed E-state index contributed by atoms with van der Waals surface area (Å²) in [5.41, 5.74) is 14.3. The minimum Gasteiger partial charge on any atom is -0.394 e. The zero-order chi connectivity index (χ0) is 10.8. The summed E-state index contributed by atoms with van der Waals surface area (Å²) in [6, 6.07) is 8.24. The van der Waals surface area contributed by atoms with Crippen molar-refractivity contribution >= 4 is 11.5 Å². The molecule has 0 aliphatic rings. The van der Waals surface area contributed by atoms with E-state index in [1.165, 1.54) is 11.1 Å². The Morgan fingerprint density at radius 2 is 2.13 bits per heavy atom. The van der Waals surface area contributed by atoms with Crippen molar-refractivity contribution in [3.05, 3.63) is 41.6 Å². The summed E-state index contributed by atoms with van der Waals surface area (Å²) in [6.07, 6.45) is 1.57. The van der Waals surface area contributed by atoms with Crippen molar-refractivity contribution < 1.29 is 0 Å². The quantitative estimate of drug-likeness (QED) is 0.773. The van der Waals surface area contributed by atoms with Gasteiger partial charge in [0.25, 0.3) is 0 Å². The standard InChI is InChI=1S/C11H14N4/c1-8-3-2-4-9(5-8)7-15-11(13)10(12)6-14-15/h2-6H,7,12-13H2,1H3. The van der Waals surface area contributed by atoms with Crippen LogP contribution in [0.25, 0.3) is 0 Å². The zero-order valence-electron chi connectivity index (χ0n) is 8.64. The highest BCUT2D eigenvalue weighted by atomic mass is 15.3. The van der Waals surface area contributed by atoms with Crippen molar-refractivity contribution in [1.29, 1.82) is 0 Å². The van der Waals surface area contributed by atoms with Crippen LogP contribution in [0.15, 0.2) is 30.5 Å². The lowest BCUT2D eigenvalue weighted by atomic mass is 10.1. The largest absolute Gasteiger partial charge is 0.394 e. The van der Waals surface area contributed by atoms with Crippen LogP contribution >= 0.6 is 0 Å². The predicted molar refractivity (Wildman–Crippen MR) is 61.3 cm³/mol. The van der Waals surface area contributed by atoms with Gasteiger partial charge >= 0.3 is 0 Å². The van der Waals surface area contributed by atoms with E-state index < -0.39 is 0 Å². The van der Waals surface area contributed by atoms with Crippen LogP contribution < -0.4 is 11.5 Å². The van der Waals surface area contributed by atoms with Crippen LogP contribution in [0, 0.1) is 6.92 Å². The summed E-state index contributed by atoms with van der Waals surface area (Å²) in [5.74, 6) is 0.525. The molecular weight excluding hydrogens is 188 g/mol. The SMILES string of the molecule is Cc1cccc(Cn2ncc(N)c2N)c1. The molecule has 0 radical (unpaired) electrons. The Morgan fingerprint density at radius 3 is 2.73 bits per heavy atom. The molecule has 0 aliphatic heterocycles. The van der Waals surface area contributed by atoms with Gasteiger partial charge in [0, 0.05) is 0 Å². The third-order valence-corrected chi connectivity index (χ3v) is 2.32. The van der Waals surface area contributed by atoms with Crippen LogP contribution in [0.3, 0.4) is 0 Å². The minimum absolute atomic E-state index is 0.525. The molecular formula is C11H14N4. The molecule has 0 unspecified atom stereocenters. The number of anilines is 2. The molecule has 15 heavy (non-hydrogen) atoms. The normalized spacial score (nSPS) is 10.5. The number of nitrogen functional groups attached to an aromatic ring is 2. The van der Waals surface area contributed by atoms with Crippen LogP contribution in [0.2, 0.25) is 0 Å². The zero-order valence-corrected chi connectivity index (χ0v) is 8.64. The van der Waals surface area contributed by atoms with E-state index in [0.717, 1.165) is 0 Å². The van der Waals surface area contributed by atoms with E-state index in [2.05, 4.69) is 24.2 Å². The Hall–Kier alpha value is -1.97. The lowest BCUT2D eigenvalue weighted by Gasteiger charge is -2.05. The van der Waals surface area contributed by atoms with Crippen LogP contribution in [0.5, 0.6) is 0 Å². The van der Waals surface area contributed by atoms with Crippen LogP contribution in [-0.2, 0) is 6.54 Å². The predicted octanol–water partition coefficient (Wildman–Crippen LogP) is 1.40. The molecule has 2 rings (SSSR count). The van der Waals surface area contributed by atoms with Gasteiger partial charge in [-0.2, -0.15) is 5.10 Å². The first-order valence-electron chi connectivity index (χ1n) is 4.79. The highest BCUT2D eigenvalue weighted by molar-refractivity contribution is 5.57. The van der Waals surface area contributed by atoms with Gasteiger partial charge in [-0.25, -0.2) is 4.68 Å². The smallest absolute Gasteiger partial charge is 0.145 e. The number of hydrogen-bond acceptors (Lipinski definition) is 3. The van der Waals surface area contributed by atoms with Gasteiger partial charge in [-0.15, -0.1) is 0 Å². The molecule has 0 atom stereocenters. The molecule has 0 amide bonds. The summed E-state index contributed by atoms with van der Waals surface area (Å²) in [6.45, 7) is 2.72. The maximum Gasteiger partial charge on any atom is 0.145 e. The van der Waals surface area contributed by atoms with E-state index in [9.17, 15) is 0 Å². The number of aromatic nitrogens is 2. The second kappa shape index (κ2) is 3.65. The monoisotopic (exact) mass is 202 g/mol. The average Bonchev–Trinajstić information content (AvgIpc) is 2.50. The summed E-state index contributed by atoms with van der Waals surface area (Å²) in [7, 11) is 0. The molecule has 4 heteroatoms.